The molecule has 0 N–H and O–H groups in total. The molecule has 0 bridgehead atoms. The number of hydrogen-bond donors (Lipinski definition) is 0. The van der Waals surface area contributed by atoms with Crippen molar-refractivity contribution in [2.45, 2.75) is 57.1 Å². The van der Waals surface area contributed by atoms with Gasteiger partial charge in [0.15, 0.2) is 0 Å². The number of aryl methyl sites for hydroxylation is 2. The van der Waals surface area contributed by atoms with E-state index >= 15 is 0 Å². The molecular weight excluding hydrogens is 526 g/mol. The van der Waals surface area contributed by atoms with Crippen LogP contribution in [0.2, 0.25) is 0 Å². The third kappa shape index (κ3) is 5.64. The van der Waals surface area contributed by atoms with Gasteiger partial charge in [-0.2, -0.15) is 4.31 Å². The first-order valence-corrected chi connectivity index (χ1v) is 15.3. The van der Waals surface area contributed by atoms with Crippen molar-refractivity contribution in [2.24, 2.45) is 0 Å². The number of rotatable bonds is 8. The molecule has 2 aliphatic rings. The third-order valence-corrected chi connectivity index (χ3v) is 10.3. The van der Waals surface area contributed by atoms with E-state index in [4.69, 9.17) is 9.47 Å². The van der Waals surface area contributed by atoms with Crippen LogP contribution in [0.15, 0.2) is 66.9 Å². The summed E-state index contributed by atoms with van der Waals surface area (Å²) in [5.41, 5.74) is 4.08. The molecule has 1 aromatic heterocycles. The van der Waals surface area contributed by atoms with Gasteiger partial charge in [0.2, 0.25) is 10.0 Å². The van der Waals surface area contributed by atoms with Crippen LogP contribution in [0.5, 0.6) is 5.75 Å². The Labute approximate surface area is 237 Å². The Morgan fingerprint density at radius 1 is 1.02 bits per heavy atom. The number of carbonyl (C=O) groups excluding carboxylic acids is 1. The van der Waals surface area contributed by atoms with E-state index in [0.29, 0.717) is 36.5 Å². The molecule has 2 aliphatic heterocycles. The maximum Gasteiger partial charge on any atom is 0.254 e. The summed E-state index contributed by atoms with van der Waals surface area (Å²) in [6.45, 7) is 6.91. The first kappa shape index (κ1) is 28.3. The largest absolute Gasteiger partial charge is 0.486 e. The minimum absolute atomic E-state index is 0.0455. The highest BCUT2D eigenvalue weighted by Crippen LogP contribution is 2.38. The number of hydrogen-bond acceptors (Lipinski definition) is 6. The maximum atomic E-state index is 13.8. The Morgan fingerprint density at radius 2 is 1.82 bits per heavy atom. The topological polar surface area (TPSA) is 89.0 Å². The van der Waals surface area contributed by atoms with Gasteiger partial charge in [-0.1, -0.05) is 35.9 Å². The first-order valence-electron chi connectivity index (χ1n) is 13.8. The van der Waals surface area contributed by atoms with Crippen LogP contribution in [0.3, 0.4) is 0 Å². The van der Waals surface area contributed by atoms with Crippen molar-refractivity contribution in [3.8, 4) is 5.75 Å². The Balaban J connectivity index is 1.31. The lowest BCUT2D eigenvalue weighted by molar-refractivity contribution is 0.0339. The maximum absolute atomic E-state index is 13.8. The number of carbonyl (C=O) groups is 1. The van der Waals surface area contributed by atoms with Crippen molar-refractivity contribution in [1.82, 2.24) is 14.2 Å². The van der Waals surface area contributed by atoms with E-state index in [2.05, 4.69) is 4.98 Å². The number of ether oxygens (including phenoxy) is 2. The number of methoxy groups -OCH3 is 1. The Hall–Kier alpha value is -3.27. The summed E-state index contributed by atoms with van der Waals surface area (Å²) in [6.07, 6.45) is 2.57. The molecule has 1 unspecified atom stereocenters. The quantitative estimate of drug-likeness (QED) is 0.390. The lowest BCUT2D eigenvalue weighted by Crippen LogP contribution is -2.34. The van der Waals surface area contributed by atoms with Gasteiger partial charge >= 0.3 is 0 Å². The molecule has 2 saturated heterocycles. The smallest absolute Gasteiger partial charge is 0.254 e. The lowest BCUT2D eigenvalue weighted by Gasteiger charge is -2.27. The van der Waals surface area contributed by atoms with Gasteiger partial charge in [0.1, 0.15) is 18.0 Å². The van der Waals surface area contributed by atoms with Crippen molar-refractivity contribution in [1.29, 1.82) is 0 Å². The Morgan fingerprint density at radius 3 is 2.58 bits per heavy atom. The van der Waals surface area contributed by atoms with Gasteiger partial charge in [0.05, 0.1) is 30.1 Å². The molecule has 0 saturated carbocycles. The van der Waals surface area contributed by atoms with Crippen LogP contribution >= 0.6 is 0 Å². The number of pyridine rings is 1. The second-order valence-electron chi connectivity index (χ2n) is 10.7. The molecule has 0 aliphatic carbocycles. The van der Waals surface area contributed by atoms with Gasteiger partial charge < -0.3 is 14.4 Å². The molecular formula is C31H37N3O5S. The fourth-order valence-electron chi connectivity index (χ4n) is 5.69. The van der Waals surface area contributed by atoms with E-state index in [1.54, 1.807) is 35.5 Å². The van der Waals surface area contributed by atoms with Crippen LogP contribution in [-0.4, -0.2) is 67.5 Å². The van der Waals surface area contributed by atoms with Gasteiger partial charge in [-0.15, -0.1) is 0 Å². The predicted octanol–water partition coefficient (Wildman–Crippen LogP) is 4.84. The molecule has 4 atom stereocenters. The number of aromatic nitrogens is 1. The van der Waals surface area contributed by atoms with E-state index in [1.807, 2.05) is 68.4 Å². The Bertz CT molecular complexity index is 1460. The summed E-state index contributed by atoms with van der Waals surface area (Å²) in [4.78, 5) is 19.5. The molecule has 40 heavy (non-hydrogen) atoms. The monoisotopic (exact) mass is 563 g/mol. The van der Waals surface area contributed by atoms with E-state index in [1.165, 1.54) is 0 Å². The number of amides is 1. The second kappa shape index (κ2) is 11.7. The number of likely N-dealkylation sites (tertiary alicyclic amines) is 1. The van der Waals surface area contributed by atoms with Crippen molar-refractivity contribution in [3.05, 3.63) is 94.8 Å². The van der Waals surface area contributed by atoms with Crippen LogP contribution in [0.4, 0.5) is 0 Å². The van der Waals surface area contributed by atoms with E-state index < -0.39 is 15.3 Å². The average Bonchev–Trinajstić information content (AvgIpc) is 3.62. The zero-order valence-electron chi connectivity index (χ0n) is 23.5. The fraction of sp³-hybridized carbons (Fsp3) is 0.419. The molecule has 2 fully saturated rings. The minimum Gasteiger partial charge on any atom is -0.486 e. The lowest BCUT2D eigenvalue weighted by atomic mass is 10.0. The number of nitrogens with zero attached hydrogens (tertiary/aromatic N) is 3. The molecule has 3 aromatic rings. The van der Waals surface area contributed by atoms with Crippen LogP contribution in [0.1, 0.15) is 63.8 Å². The van der Waals surface area contributed by atoms with Gasteiger partial charge in [-0.05, 0) is 75.1 Å². The fourth-order valence-corrected chi connectivity index (χ4v) is 7.54. The molecule has 1 amide bonds. The highest BCUT2D eigenvalue weighted by Gasteiger charge is 2.40. The third-order valence-electron chi connectivity index (χ3n) is 8.05. The molecule has 5 rings (SSSR count). The molecule has 0 radical (unpaired) electrons. The van der Waals surface area contributed by atoms with Gasteiger partial charge in [-0.3, -0.25) is 9.78 Å². The SMILES string of the molecule is CO[C@@H]1CN(C(=O)c2cc(C)ccc2C)C[C@H]1Oc1cccc(C(C)S(=O)(=O)N2CCC[C@H]2c2ccccn2)c1. The van der Waals surface area contributed by atoms with Gasteiger partial charge in [-0.25, -0.2) is 8.42 Å². The summed E-state index contributed by atoms with van der Waals surface area (Å²) in [5, 5.41) is -0.760. The van der Waals surface area contributed by atoms with Crippen LogP contribution in [-0.2, 0) is 14.8 Å². The normalized spacial score (nSPS) is 22.4. The van der Waals surface area contributed by atoms with E-state index in [0.717, 1.165) is 29.7 Å². The molecule has 8 nitrogen and oxygen atoms in total. The first-order chi connectivity index (χ1) is 19.2. The molecule has 9 heteroatoms. The van der Waals surface area contributed by atoms with Crippen LogP contribution < -0.4 is 4.74 Å². The molecule has 2 aromatic carbocycles. The summed E-state index contributed by atoms with van der Waals surface area (Å²) >= 11 is 0. The molecule has 3 heterocycles. The standard InChI is InChI=1S/C31H37N3O5S/c1-21-13-14-22(2)26(17-21)31(35)33-19-29(38-4)30(20-33)39-25-10-7-9-24(18-25)23(3)40(36,37)34-16-8-12-28(34)27-11-5-6-15-32-27/h5-7,9-11,13-15,17-18,23,28-30H,8,12,16,19-20H2,1-4H3/t23?,28-,29+,30+/m0/s1. The molecule has 0 spiro atoms. The highest BCUT2D eigenvalue weighted by atomic mass is 32.2. The number of benzene rings is 2. The van der Waals surface area contributed by atoms with Gasteiger partial charge in [0, 0.05) is 25.4 Å². The van der Waals surface area contributed by atoms with Crippen molar-refractivity contribution in [3.63, 3.8) is 0 Å². The Kier molecular flexibility index (Phi) is 8.26. The second-order valence-corrected chi connectivity index (χ2v) is 12.9. The summed E-state index contributed by atoms with van der Waals surface area (Å²) in [5.74, 6) is 0.506. The van der Waals surface area contributed by atoms with Crippen molar-refractivity contribution < 1.29 is 22.7 Å². The van der Waals surface area contributed by atoms with Gasteiger partial charge in [0.25, 0.3) is 5.91 Å². The summed E-state index contributed by atoms with van der Waals surface area (Å²) in [7, 11) is -2.03. The van der Waals surface area contributed by atoms with Crippen molar-refractivity contribution >= 4 is 15.9 Å². The summed E-state index contributed by atoms with van der Waals surface area (Å²) in [6, 6.07) is 18.5. The zero-order chi connectivity index (χ0) is 28.4. The average molecular weight is 564 g/mol. The van der Waals surface area contributed by atoms with Crippen molar-refractivity contribution in [2.75, 3.05) is 26.7 Å². The number of sulfonamides is 1. The van der Waals surface area contributed by atoms with Crippen LogP contribution in [0, 0.1) is 13.8 Å². The predicted molar refractivity (Wildman–Crippen MR) is 154 cm³/mol. The minimum atomic E-state index is -3.65. The molecule has 212 valence electrons. The van der Waals surface area contributed by atoms with E-state index in [9.17, 15) is 13.2 Å². The van der Waals surface area contributed by atoms with E-state index in [-0.39, 0.29) is 24.2 Å². The summed E-state index contributed by atoms with van der Waals surface area (Å²) < 4.78 is 41.2. The highest BCUT2D eigenvalue weighted by molar-refractivity contribution is 7.89. The zero-order valence-corrected chi connectivity index (χ0v) is 24.3. The van der Waals surface area contributed by atoms with Crippen LogP contribution in [0.25, 0.3) is 0 Å².